The molecule has 0 radical (unpaired) electrons. The Morgan fingerprint density at radius 3 is 2.32 bits per heavy atom. The fraction of sp³-hybridized carbons (Fsp3) is 0.533. The molecule has 1 aromatic carbocycles. The summed E-state index contributed by atoms with van der Waals surface area (Å²) in [6.45, 7) is 5.94. The van der Waals surface area contributed by atoms with Crippen molar-refractivity contribution in [2.75, 3.05) is 32.5 Å². The molecule has 0 aliphatic carbocycles. The predicted molar refractivity (Wildman–Crippen MR) is 78.6 cm³/mol. The molecule has 0 aromatic heterocycles. The number of hydrogen-bond acceptors (Lipinski definition) is 2. The molecule has 1 fully saturated rings. The first kappa shape index (κ1) is 13.9. The molecule has 0 unspecified atom stereocenters. The van der Waals surface area contributed by atoms with Gasteiger partial charge in [0.25, 0.3) is 0 Å². The maximum atomic E-state index is 12.0. The molecule has 1 heterocycles. The highest BCUT2D eigenvalue weighted by Crippen LogP contribution is 2.19. The monoisotopic (exact) mass is 261 g/mol. The van der Waals surface area contributed by atoms with Gasteiger partial charge in [0.2, 0.25) is 0 Å². The van der Waals surface area contributed by atoms with E-state index in [4.69, 9.17) is 0 Å². The number of urea groups is 1. The molecule has 104 valence electrons. The van der Waals surface area contributed by atoms with Crippen molar-refractivity contribution in [1.29, 1.82) is 0 Å². The van der Waals surface area contributed by atoms with E-state index in [9.17, 15) is 4.79 Å². The minimum atomic E-state index is -0.00426. The van der Waals surface area contributed by atoms with Gasteiger partial charge >= 0.3 is 6.03 Å². The van der Waals surface area contributed by atoms with Gasteiger partial charge in [-0.25, -0.2) is 4.79 Å². The van der Waals surface area contributed by atoms with Crippen LogP contribution in [0.3, 0.4) is 0 Å². The lowest BCUT2D eigenvalue weighted by atomic mass is 10.0. The highest BCUT2D eigenvalue weighted by atomic mass is 16.2. The highest BCUT2D eigenvalue weighted by molar-refractivity contribution is 5.89. The van der Waals surface area contributed by atoms with Crippen LogP contribution in [-0.2, 0) is 0 Å². The van der Waals surface area contributed by atoms with Crippen molar-refractivity contribution in [1.82, 2.24) is 9.80 Å². The summed E-state index contributed by atoms with van der Waals surface area (Å²) >= 11 is 0. The Morgan fingerprint density at radius 1 is 1.26 bits per heavy atom. The third-order valence-electron chi connectivity index (χ3n) is 3.71. The number of hydrogen-bond donors (Lipinski definition) is 1. The van der Waals surface area contributed by atoms with Gasteiger partial charge in [-0.15, -0.1) is 0 Å². The van der Waals surface area contributed by atoms with Gasteiger partial charge in [-0.2, -0.15) is 0 Å². The summed E-state index contributed by atoms with van der Waals surface area (Å²) in [5.74, 6) is 0.515. The molecule has 2 amide bonds. The van der Waals surface area contributed by atoms with Crippen LogP contribution < -0.4 is 5.32 Å². The van der Waals surface area contributed by atoms with Crippen molar-refractivity contribution >= 4 is 11.7 Å². The molecule has 0 saturated carbocycles. The summed E-state index contributed by atoms with van der Waals surface area (Å²) in [7, 11) is 4.09. The summed E-state index contributed by atoms with van der Waals surface area (Å²) in [6.07, 6.45) is 0. The smallest absolute Gasteiger partial charge is 0.321 e. The van der Waals surface area contributed by atoms with Crippen LogP contribution in [-0.4, -0.2) is 49.1 Å². The number of rotatable bonds is 3. The molecule has 1 saturated heterocycles. The summed E-state index contributed by atoms with van der Waals surface area (Å²) in [5.41, 5.74) is 2.15. The number of anilines is 1. The van der Waals surface area contributed by atoms with Crippen LogP contribution in [0.15, 0.2) is 24.3 Å². The molecule has 0 atom stereocenters. The number of benzene rings is 1. The number of likely N-dealkylation sites (tertiary alicyclic amines) is 1. The summed E-state index contributed by atoms with van der Waals surface area (Å²) in [4.78, 5) is 16.0. The number of amides is 2. The van der Waals surface area contributed by atoms with E-state index in [2.05, 4.69) is 36.2 Å². The Hall–Kier alpha value is -1.55. The SMILES string of the molecule is CC(C)c1ccc(NC(=O)N2CC(N(C)C)C2)cc1. The number of carbonyl (C=O) groups excluding carboxylic acids is 1. The lowest BCUT2D eigenvalue weighted by molar-refractivity contribution is 0.0942. The molecular formula is C15H23N3O. The number of carbonyl (C=O) groups is 1. The third-order valence-corrected chi connectivity index (χ3v) is 3.71. The van der Waals surface area contributed by atoms with Crippen LogP contribution >= 0.6 is 0 Å². The second-order valence-electron chi connectivity index (χ2n) is 5.73. The Kier molecular flexibility index (Phi) is 4.10. The Balaban J connectivity index is 1.86. The Bertz CT molecular complexity index is 433. The van der Waals surface area contributed by atoms with E-state index in [0.29, 0.717) is 12.0 Å². The van der Waals surface area contributed by atoms with Crippen LogP contribution in [0, 0.1) is 0 Å². The van der Waals surface area contributed by atoms with Crippen LogP contribution in [0.2, 0.25) is 0 Å². The van der Waals surface area contributed by atoms with E-state index in [0.717, 1.165) is 18.8 Å². The summed E-state index contributed by atoms with van der Waals surface area (Å²) in [5, 5.41) is 2.94. The van der Waals surface area contributed by atoms with Crippen molar-refractivity contribution in [3.8, 4) is 0 Å². The zero-order valence-corrected chi connectivity index (χ0v) is 12.2. The van der Waals surface area contributed by atoms with Crippen molar-refractivity contribution in [2.24, 2.45) is 0 Å². The largest absolute Gasteiger partial charge is 0.321 e. The lowest BCUT2D eigenvalue weighted by Crippen LogP contribution is -2.60. The molecule has 1 N–H and O–H groups in total. The first-order valence-corrected chi connectivity index (χ1v) is 6.79. The minimum Gasteiger partial charge on any atom is -0.321 e. The van der Waals surface area contributed by atoms with Gasteiger partial charge in [0.15, 0.2) is 0 Å². The van der Waals surface area contributed by atoms with Gasteiger partial charge in [0, 0.05) is 24.8 Å². The second kappa shape index (κ2) is 5.61. The topological polar surface area (TPSA) is 35.6 Å². The molecule has 4 nitrogen and oxygen atoms in total. The van der Waals surface area contributed by atoms with Crippen molar-refractivity contribution in [3.63, 3.8) is 0 Å². The average Bonchev–Trinajstić information content (AvgIpc) is 2.26. The zero-order valence-electron chi connectivity index (χ0n) is 12.2. The third kappa shape index (κ3) is 3.26. The van der Waals surface area contributed by atoms with Crippen LogP contribution in [0.25, 0.3) is 0 Å². The summed E-state index contributed by atoms with van der Waals surface area (Å²) < 4.78 is 0. The molecule has 1 aromatic rings. The van der Waals surface area contributed by atoms with Crippen molar-refractivity contribution in [3.05, 3.63) is 29.8 Å². The van der Waals surface area contributed by atoms with Crippen LogP contribution in [0.4, 0.5) is 10.5 Å². The first-order chi connectivity index (χ1) is 8.97. The van der Waals surface area contributed by atoms with E-state index in [-0.39, 0.29) is 6.03 Å². The zero-order chi connectivity index (χ0) is 14.0. The molecule has 1 aliphatic rings. The van der Waals surface area contributed by atoms with Gasteiger partial charge in [-0.3, -0.25) is 0 Å². The normalized spacial score (nSPS) is 15.8. The van der Waals surface area contributed by atoms with Gasteiger partial charge < -0.3 is 15.1 Å². The maximum Gasteiger partial charge on any atom is 0.321 e. The molecule has 1 aliphatic heterocycles. The molecule has 4 heteroatoms. The van der Waals surface area contributed by atoms with Gasteiger partial charge in [0.05, 0.1) is 0 Å². The first-order valence-electron chi connectivity index (χ1n) is 6.79. The van der Waals surface area contributed by atoms with E-state index in [1.807, 2.05) is 31.1 Å². The van der Waals surface area contributed by atoms with E-state index in [1.54, 1.807) is 0 Å². The van der Waals surface area contributed by atoms with Crippen molar-refractivity contribution < 1.29 is 4.79 Å². The second-order valence-corrected chi connectivity index (χ2v) is 5.73. The molecule has 0 bridgehead atoms. The average molecular weight is 261 g/mol. The minimum absolute atomic E-state index is 0.00426. The fourth-order valence-corrected chi connectivity index (χ4v) is 2.10. The van der Waals surface area contributed by atoms with Crippen LogP contribution in [0.5, 0.6) is 0 Å². The van der Waals surface area contributed by atoms with E-state index >= 15 is 0 Å². The van der Waals surface area contributed by atoms with Gasteiger partial charge in [-0.05, 0) is 37.7 Å². The molecular weight excluding hydrogens is 238 g/mol. The van der Waals surface area contributed by atoms with E-state index in [1.165, 1.54) is 5.56 Å². The Labute approximate surface area is 115 Å². The van der Waals surface area contributed by atoms with Gasteiger partial charge in [-0.1, -0.05) is 26.0 Å². The van der Waals surface area contributed by atoms with E-state index < -0.39 is 0 Å². The fourth-order valence-electron chi connectivity index (χ4n) is 2.10. The molecule has 19 heavy (non-hydrogen) atoms. The highest BCUT2D eigenvalue weighted by Gasteiger charge is 2.31. The Morgan fingerprint density at radius 2 is 1.84 bits per heavy atom. The molecule has 2 rings (SSSR count). The summed E-state index contributed by atoms with van der Waals surface area (Å²) in [6, 6.07) is 8.56. The van der Waals surface area contributed by atoms with Crippen LogP contribution in [0.1, 0.15) is 25.3 Å². The van der Waals surface area contributed by atoms with Gasteiger partial charge in [0.1, 0.15) is 0 Å². The van der Waals surface area contributed by atoms with Crippen molar-refractivity contribution in [2.45, 2.75) is 25.8 Å². The standard InChI is InChI=1S/C15H23N3O/c1-11(2)12-5-7-13(8-6-12)16-15(19)18-9-14(10-18)17(3)4/h5-8,11,14H,9-10H2,1-4H3,(H,16,19). The number of likely N-dealkylation sites (N-methyl/N-ethyl adjacent to an activating group) is 1. The number of nitrogens with zero attached hydrogens (tertiary/aromatic N) is 2. The maximum absolute atomic E-state index is 12.0. The number of nitrogens with one attached hydrogen (secondary N) is 1. The molecule has 0 spiro atoms. The lowest BCUT2D eigenvalue weighted by Gasteiger charge is -2.42. The quantitative estimate of drug-likeness (QED) is 0.907. The predicted octanol–water partition coefficient (Wildman–Crippen LogP) is 2.59.